The van der Waals surface area contributed by atoms with Crippen LogP contribution in [-0.2, 0) is 9.53 Å². The fourth-order valence-corrected chi connectivity index (χ4v) is 3.57. The number of ether oxygens (including phenoxy) is 3. The van der Waals surface area contributed by atoms with Crippen molar-refractivity contribution in [1.82, 2.24) is 9.97 Å². The molecule has 194 valence electrons. The number of hydrogen-bond donors (Lipinski definition) is 2. The number of amides is 1. The normalized spacial score (nSPS) is 11.9. The van der Waals surface area contributed by atoms with E-state index in [0.29, 0.717) is 66.6 Å². The lowest BCUT2D eigenvalue weighted by molar-refractivity contribution is -0.114. The zero-order chi connectivity index (χ0) is 25.5. The molecule has 0 bridgehead atoms. The number of rotatable bonds is 10. The molecule has 2 N–H and O–H groups in total. The number of anilines is 5. The maximum absolute atomic E-state index is 12.3. The first-order valence-electron chi connectivity index (χ1n) is 11.3. The third kappa shape index (κ3) is 6.62. The highest BCUT2D eigenvalue weighted by atomic mass is 16.5. The van der Waals surface area contributed by atoms with E-state index >= 15 is 0 Å². The highest BCUT2D eigenvalue weighted by molar-refractivity contribution is 6.03. The summed E-state index contributed by atoms with van der Waals surface area (Å²) in [7, 11) is 1.62. The van der Waals surface area contributed by atoms with Crippen LogP contribution in [0.25, 0.3) is 0 Å². The average molecular weight is 506 g/mol. The maximum atomic E-state index is 12.3. The van der Waals surface area contributed by atoms with E-state index < -0.39 is 0 Å². The minimum atomic E-state index is -0.218. The molecule has 0 saturated carbocycles. The summed E-state index contributed by atoms with van der Waals surface area (Å²) in [4.78, 5) is 34.9. The minimum absolute atomic E-state index is 0. The van der Waals surface area contributed by atoms with Crippen molar-refractivity contribution in [1.29, 1.82) is 0 Å². The average Bonchev–Trinajstić information content (AvgIpc) is 2.89. The number of benzene rings is 2. The summed E-state index contributed by atoms with van der Waals surface area (Å²) in [5, 5.41) is 6.31. The Kier molecular flexibility index (Phi) is 9.17. The predicted molar refractivity (Wildman–Crippen MR) is 144 cm³/mol. The van der Waals surface area contributed by atoms with Gasteiger partial charge in [0.15, 0.2) is 5.78 Å². The van der Waals surface area contributed by atoms with Crippen LogP contribution in [-0.4, -0.2) is 55.1 Å². The Morgan fingerprint density at radius 1 is 1.14 bits per heavy atom. The molecule has 2 heterocycles. The van der Waals surface area contributed by atoms with E-state index in [1.165, 1.54) is 19.2 Å². The highest BCUT2D eigenvalue weighted by Gasteiger charge is 2.23. The first kappa shape index (κ1) is 27.2. The zero-order valence-corrected chi connectivity index (χ0v) is 20.1. The quantitative estimate of drug-likeness (QED) is 0.229. The van der Waals surface area contributed by atoms with Crippen LogP contribution >= 0.6 is 0 Å². The second-order valence-electron chi connectivity index (χ2n) is 7.85. The van der Waals surface area contributed by atoms with E-state index in [2.05, 4.69) is 27.2 Å². The van der Waals surface area contributed by atoms with Crippen LogP contribution in [0.15, 0.2) is 61.3 Å². The molecule has 10 heteroatoms. The van der Waals surface area contributed by atoms with Gasteiger partial charge in [0.25, 0.3) is 5.91 Å². The minimum Gasteiger partial charge on any atom is -0.491 e. The summed E-state index contributed by atoms with van der Waals surface area (Å²) >= 11 is 0. The van der Waals surface area contributed by atoms with Gasteiger partial charge in [-0.25, -0.2) is 4.98 Å². The van der Waals surface area contributed by atoms with Gasteiger partial charge in [0.05, 0.1) is 24.4 Å². The van der Waals surface area contributed by atoms with Gasteiger partial charge in [0, 0.05) is 24.7 Å². The lowest BCUT2D eigenvalue weighted by Gasteiger charge is -2.29. The van der Waals surface area contributed by atoms with E-state index in [-0.39, 0.29) is 19.1 Å². The van der Waals surface area contributed by atoms with E-state index in [1.54, 1.807) is 30.2 Å². The number of hydrogen-bond acceptors (Lipinski definition) is 9. The fourth-order valence-electron chi connectivity index (χ4n) is 3.57. The fraction of sp³-hybridized carbons (Fsp3) is 0.259. The lowest BCUT2D eigenvalue weighted by atomic mass is 10.2. The summed E-state index contributed by atoms with van der Waals surface area (Å²) in [6.45, 7) is 6.80. The second kappa shape index (κ2) is 12.5. The number of ketones is 1. The first-order chi connectivity index (χ1) is 17.5. The van der Waals surface area contributed by atoms with Gasteiger partial charge in [-0.1, -0.05) is 14.0 Å². The smallest absolute Gasteiger partial charge is 0.250 e. The number of nitrogens with zero attached hydrogens (tertiary/aromatic N) is 3. The van der Waals surface area contributed by atoms with E-state index in [0.717, 1.165) is 5.69 Å². The zero-order valence-electron chi connectivity index (χ0n) is 20.1. The van der Waals surface area contributed by atoms with Gasteiger partial charge in [-0.15, -0.1) is 0 Å². The van der Waals surface area contributed by atoms with Crippen molar-refractivity contribution in [3.05, 3.63) is 66.9 Å². The van der Waals surface area contributed by atoms with Crippen molar-refractivity contribution in [2.75, 3.05) is 49.0 Å². The summed E-state index contributed by atoms with van der Waals surface area (Å²) in [6, 6.07) is 12.7. The van der Waals surface area contributed by atoms with Crippen LogP contribution in [0, 0.1) is 0 Å². The number of Topliss-reactive ketones (excluding diaryl/α,β-unsaturated/α-hetero) is 1. The molecule has 1 aromatic heterocycles. The molecule has 0 unspecified atom stereocenters. The molecule has 0 atom stereocenters. The molecule has 3 aromatic rings. The lowest BCUT2D eigenvalue weighted by Crippen LogP contribution is -2.36. The molecule has 1 aliphatic heterocycles. The Labute approximate surface area is 216 Å². The molecule has 0 fully saturated rings. The van der Waals surface area contributed by atoms with Crippen LogP contribution in [0.1, 0.15) is 24.7 Å². The number of fused-ring (bicyclic) bond motifs is 1. The summed E-state index contributed by atoms with van der Waals surface area (Å²) in [6.07, 6.45) is 2.74. The van der Waals surface area contributed by atoms with Gasteiger partial charge in [0.2, 0.25) is 5.95 Å². The van der Waals surface area contributed by atoms with Crippen LogP contribution in [0.2, 0.25) is 0 Å². The third-order valence-electron chi connectivity index (χ3n) is 5.36. The van der Waals surface area contributed by atoms with Crippen LogP contribution < -0.4 is 25.0 Å². The van der Waals surface area contributed by atoms with Crippen molar-refractivity contribution >= 4 is 40.5 Å². The number of nitrogens with one attached hydrogen (secondary N) is 2. The van der Waals surface area contributed by atoms with Gasteiger partial charge in [0.1, 0.15) is 30.5 Å². The summed E-state index contributed by atoms with van der Waals surface area (Å²) in [5.74, 6) is 1.54. The molecule has 0 saturated heterocycles. The van der Waals surface area contributed by atoms with Crippen molar-refractivity contribution in [2.24, 2.45) is 0 Å². The van der Waals surface area contributed by atoms with Gasteiger partial charge in [-0.05, 0) is 55.5 Å². The highest BCUT2D eigenvalue weighted by Crippen LogP contribution is 2.35. The van der Waals surface area contributed by atoms with E-state index in [4.69, 9.17) is 14.2 Å². The molecule has 1 aliphatic rings. The van der Waals surface area contributed by atoms with Crippen molar-refractivity contribution in [2.45, 2.75) is 14.4 Å². The maximum Gasteiger partial charge on any atom is 0.250 e. The second-order valence-corrected chi connectivity index (χ2v) is 7.85. The monoisotopic (exact) mass is 505 g/mol. The summed E-state index contributed by atoms with van der Waals surface area (Å²) < 4.78 is 16.2. The molecule has 0 radical (unpaired) electrons. The molecule has 2 aromatic carbocycles. The molecule has 1 amide bonds. The van der Waals surface area contributed by atoms with Crippen molar-refractivity contribution < 1.29 is 23.8 Å². The standard InChI is InChI=1S/C26H27N5O5.CH4/c1-4-24(33)31-11-12-36-23-10-7-19(15-22(23)31)28-25-21(17(2)32)16-27-26(30-25)29-18-5-8-20(9-6-18)35-14-13-34-3;/h4-10,15-16H,1,11-14H2,2-3H3,(H2,27,28,29,30);1H4. The van der Waals surface area contributed by atoms with Gasteiger partial charge in [-0.2, -0.15) is 4.98 Å². The van der Waals surface area contributed by atoms with Crippen LogP contribution in [0.5, 0.6) is 11.5 Å². The molecular weight excluding hydrogens is 474 g/mol. The molecule has 4 rings (SSSR count). The molecule has 37 heavy (non-hydrogen) atoms. The predicted octanol–water partition coefficient (Wildman–Crippen LogP) is 4.74. The molecular formula is C27H31N5O5. The number of carbonyl (C=O) groups excluding carboxylic acids is 2. The molecule has 0 spiro atoms. The topological polar surface area (TPSA) is 115 Å². The largest absolute Gasteiger partial charge is 0.491 e. The van der Waals surface area contributed by atoms with Crippen LogP contribution in [0.3, 0.4) is 0 Å². The van der Waals surface area contributed by atoms with Gasteiger partial charge < -0.3 is 29.7 Å². The Balaban J connectivity index is 0.00000380. The molecule has 0 aliphatic carbocycles. The Morgan fingerprint density at radius 2 is 1.89 bits per heavy atom. The van der Waals surface area contributed by atoms with Crippen molar-refractivity contribution in [3.63, 3.8) is 0 Å². The van der Waals surface area contributed by atoms with Gasteiger partial charge in [-0.3, -0.25) is 9.59 Å². The molecule has 10 nitrogen and oxygen atoms in total. The van der Waals surface area contributed by atoms with Crippen LogP contribution in [0.4, 0.5) is 28.8 Å². The number of carbonyl (C=O) groups is 2. The Bertz CT molecular complexity index is 1260. The SMILES string of the molecule is C.C=CC(=O)N1CCOc2ccc(Nc3nc(Nc4ccc(OCCOC)cc4)ncc3C(C)=O)cc21. The van der Waals surface area contributed by atoms with Gasteiger partial charge >= 0.3 is 0 Å². The number of aromatic nitrogens is 2. The third-order valence-corrected chi connectivity index (χ3v) is 5.36. The Hall–Kier alpha value is -4.44. The summed E-state index contributed by atoms with van der Waals surface area (Å²) in [5.41, 5.74) is 2.32. The van der Waals surface area contributed by atoms with E-state index in [9.17, 15) is 9.59 Å². The first-order valence-corrected chi connectivity index (χ1v) is 11.3. The number of methoxy groups -OCH3 is 1. The van der Waals surface area contributed by atoms with Crippen molar-refractivity contribution in [3.8, 4) is 11.5 Å². The van der Waals surface area contributed by atoms with E-state index in [1.807, 2.05) is 24.3 Å². The Morgan fingerprint density at radius 3 is 2.59 bits per heavy atom.